The van der Waals surface area contributed by atoms with Gasteiger partial charge in [-0.2, -0.15) is 0 Å². The molecule has 0 saturated carbocycles. The maximum atomic E-state index is 13.8. The second kappa shape index (κ2) is 9.79. The third-order valence-corrected chi connectivity index (χ3v) is 8.55. The highest BCUT2D eigenvalue weighted by Gasteiger charge is 2.36. The molecule has 0 saturated heterocycles. The van der Waals surface area contributed by atoms with Gasteiger partial charge in [0.2, 0.25) is 5.91 Å². The summed E-state index contributed by atoms with van der Waals surface area (Å²) >= 11 is 6.33. The van der Waals surface area contributed by atoms with Gasteiger partial charge in [0.1, 0.15) is 17.9 Å². The lowest BCUT2D eigenvalue weighted by molar-refractivity contribution is -0.120. The molecule has 4 rings (SSSR count). The maximum Gasteiger partial charge on any atom is 0.264 e. The number of aryl methyl sites for hydroxylation is 2. The average Bonchev–Trinajstić information content (AvgIpc) is 2.80. The van der Waals surface area contributed by atoms with Crippen LogP contribution in [-0.2, 0) is 14.8 Å². The summed E-state index contributed by atoms with van der Waals surface area (Å²) in [5.41, 5.74) is 3.33. The van der Waals surface area contributed by atoms with Gasteiger partial charge < -0.3 is 10.1 Å². The van der Waals surface area contributed by atoms with Crippen molar-refractivity contribution in [2.45, 2.75) is 57.6 Å². The Hall–Kier alpha value is -3.03. The summed E-state index contributed by atoms with van der Waals surface area (Å²) in [6.07, 6.45) is 0.552. The van der Waals surface area contributed by atoms with Gasteiger partial charge in [0.25, 0.3) is 10.0 Å². The molecule has 1 atom stereocenters. The van der Waals surface area contributed by atoms with Crippen molar-refractivity contribution in [3.8, 4) is 5.75 Å². The van der Waals surface area contributed by atoms with Crippen LogP contribution in [0.4, 0.5) is 5.69 Å². The Labute approximate surface area is 218 Å². The van der Waals surface area contributed by atoms with E-state index in [9.17, 15) is 13.2 Å². The molecule has 1 N–H and O–H groups in total. The molecule has 3 aromatic rings. The predicted molar refractivity (Wildman–Crippen MR) is 143 cm³/mol. The molecule has 190 valence electrons. The summed E-state index contributed by atoms with van der Waals surface area (Å²) in [5.74, 6) is 0.303. The zero-order chi connectivity index (χ0) is 26.3. The molecule has 1 aliphatic heterocycles. The van der Waals surface area contributed by atoms with E-state index in [1.807, 2.05) is 45.9 Å². The second-order valence-electron chi connectivity index (χ2n) is 9.94. The molecule has 0 bridgehead atoms. The van der Waals surface area contributed by atoms with E-state index in [-0.39, 0.29) is 10.9 Å². The number of nitrogens with one attached hydrogen (secondary N) is 1. The molecule has 0 fully saturated rings. The Morgan fingerprint density at radius 2 is 1.72 bits per heavy atom. The van der Waals surface area contributed by atoms with Gasteiger partial charge in [-0.15, -0.1) is 0 Å². The number of anilines is 1. The minimum absolute atomic E-state index is 0.105. The summed E-state index contributed by atoms with van der Waals surface area (Å²) in [6, 6.07) is 17.2. The number of amides is 1. The number of rotatable bonds is 6. The Balaban J connectivity index is 1.69. The largest absolute Gasteiger partial charge is 0.487 e. The molecule has 0 aliphatic carbocycles. The average molecular weight is 527 g/mol. The van der Waals surface area contributed by atoms with E-state index in [4.69, 9.17) is 16.3 Å². The van der Waals surface area contributed by atoms with Gasteiger partial charge in [-0.1, -0.05) is 53.1 Å². The van der Waals surface area contributed by atoms with Crippen LogP contribution in [0.15, 0.2) is 65.6 Å². The molecule has 1 amide bonds. The van der Waals surface area contributed by atoms with E-state index in [0.717, 1.165) is 26.7 Å². The predicted octanol–water partition coefficient (Wildman–Crippen LogP) is 5.88. The first kappa shape index (κ1) is 26.0. The topological polar surface area (TPSA) is 75.7 Å². The van der Waals surface area contributed by atoms with Crippen LogP contribution < -0.4 is 14.4 Å². The number of halogens is 1. The lowest BCUT2D eigenvalue weighted by Gasteiger charge is -2.38. The van der Waals surface area contributed by atoms with Crippen molar-refractivity contribution in [3.05, 3.63) is 87.9 Å². The minimum atomic E-state index is -4.05. The van der Waals surface area contributed by atoms with Gasteiger partial charge >= 0.3 is 0 Å². The quantitative estimate of drug-likeness (QED) is 0.435. The highest BCUT2D eigenvalue weighted by molar-refractivity contribution is 7.92. The first-order valence-corrected chi connectivity index (χ1v) is 13.6. The fourth-order valence-corrected chi connectivity index (χ4v) is 6.12. The van der Waals surface area contributed by atoms with E-state index < -0.39 is 28.1 Å². The van der Waals surface area contributed by atoms with Gasteiger partial charge in [0, 0.05) is 17.0 Å². The highest BCUT2D eigenvalue weighted by Crippen LogP contribution is 2.40. The molecule has 36 heavy (non-hydrogen) atoms. The zero-order valence-corrected chi connectivity index (χ0v) is 22.7. The van der Waals surface area contributed by atoms with Crippen LogP contribution in [0.1, 0.15) is 48.6 Å². The third kappa shape index (κ3) is 5.37. The van der Waals surface area contributed by atoms with Gasteiger partial charge in [0.05, 0.1) is 16.6 Å². The Morgan fingerprint density at radius 1 is 1.06 bits per heavy atom. The van der Waals surface area contributed by atoms with Gasteiger partial charge in [-0.3, -0.25) is 9.10 Å². The molecule has 0 radical (unpaired) electrons. The molecular formula is C28H31ClN2O4S. The lowest BCUT2D eigenvalue weighted by Crippen LogP contribution is -2.45. The Bertz CT molecular complexity index is 1400. The lowest BCUT2D eigenvalue weighted by atomic mass is 9.89. The van der Waals surface area contributed by atoms with Crippen molar-refractivity contribution < 1.29 is 17.9 Å². The fourth-order valence-electron chi connectivity index (χ4n) is 4.48. The molecule has 3 aromatic carbocycles. The molecule has 0 spiro atoms. The van der Waals surface area contributed by atoms with E-state index in [0.29, 0.717) is 22.7 Å². The van der Waals surface area contributed by atoms with E-state index in [1.165, 1.54) is 0 Å². The van der Waals surface area contributed by atoms with Crippen molar-refractivity contribution >= 4 is 33.2 Å². The third-order valence-electron chi connectivity index (χ3n) is 6.36. The molecule has 1 aliphatic rings. The number of hydrogen-bond acceptors (Lipinski definition) is 4. The number of nitrogens with zero attached hydrogens (tertiary/aromatic N) is 1. The van der Waals surface area contributed by atoms with E-state index in [2.05, 4.69) is 5.32 Å². The van der Waals surface area contributed by atoms with Crippen LogP contribution in [0, 0.1) is 20.8 Å². The number of benzene rings is 3. The second-order valence-corrected chi connectivity index (χ2v) is 12.2. The monoisotopic (exact) mass is 526 g/mol. The van der Waals surface area contributed by atoms with E-state index >= 15 is 0 Å². The number of hydrogen-bond donors (Lipinski definition) is 1. The van der Waals surface area contributed by atoms with Crippen molar-refractivity contribution in [1.29, 1.82) is 0 Å². The van der Waals surface area contributed by atoms with Crippen LogP contribution >= 0.6 is 11.6 Å². The number of sulfonamides is 1. The zero-order valence-electron chi connectivity index (χ0n) is 21.1. The minimum Gasteiger partial charge on any atom is -0.487 e. The van der Waals surface area contributed by atoms with Crippen LogP contribution in [0.3, 0.4) is 0 Å². The molecule has 1 heterocycles. The molecule has 1 unspecified atom stereocenters. The SMILES string of the molecule is Cc1ccc(S(=O)(=O)N(CC(=O)NC2CC(C)(C)Oc3ccc(C)cc32)c2cccc(Cl)c2C)cc1. The first-order chi connectivity index (χ1) is 16.9. The van der Waals surface area contributed by atoms with Gasteiger partial charge in [-0.25, -0.2) is 8.42 Å². The Kier molecular flexibility index (Phi) is 7.08. The number of carbonyl (C=O) groups is 1. The summed E-state index contributed by atoms with van der Waals surface area (Å²) in [5, 5.41) is 3.49. The number of carbonyl (C=O) groups excluding carboxylic acids is 1. The van der Waals surface area contributed by atoms with Crippen LogP contribution in [-0.4, -0.2) is 26.5 Å². The van der Waals surface area contributed by atoms with Crippen molar-refractivity contribution in [2.24, 2.45) is 0 Å². The van der Waals surface area contributed by atoms with Gasteiger partial charge in [0.15, 0.2) is 0 Å². The van der Waals surface area contributed by atoms with Crippen molar-refractivity contribution in [2.75, 3.05) is 10.8 Å². The number of ether oxygens (including phenoxy) is 1. The molecule has 0 aromatic heterocycles. The van der Waals surface area contributed by atoms with Crippen LogP contribution in [0.25, 0.3) is 0 Å². The van der Waals surface area contributed by atoms with E-state index in [1.54, 1.807) is 49.4 Å². The Morgan fingerprint density at radius 3 is 2.42 bits per heavy atom. The summed E-state index contributed by atoms with van der Waals surface area (Å²) in [6.45, 7) is 9.16. The normalized spacial score (nSPS) is 16.6. The maximum absolute atomic E-state index is 13.8. The molecule has 8 heteroatoms. The van der Waals surface area contributed by atoms with Gasteiger partial charge in [-0.05, 0) is 70.5 Å². The van der Waals surface area contributed by atoms with Crippen molar-refractivity contribution in [1.82, 2.24) is 5.32 Å². The van der Waals surface area contributed by atoms with Crippen LogP contribution in [0.5, 0.6) is 5.75 Å². The summed E-state index contributed by atoms with van der Waals surface area (Å²) in [7, 11) is -4.05. The highest BCUT2D eigenvalue weighted by atomic mass is 35.5. The molecular weight excluding hydrogens is 496 g/mol. The standard InChI is InChI=1S/C28H31ClN2O4S/c1-18-9-12-21(13-10-18)36(33,34)31(25-8-6-7-23(29)20(25)3)17-27(32)30-24-16-28(4,5)35-26-14-11-19(2)15-22(24)26/h6-15,24H,16-17H2,1-5H3,(H,30,32). The number of fused-ring (bicyclic) bond motifs is 1. The summed E-state index contributed by atoms with van der Waals surface area (Å²) < 4.78 is 34.8. The smallest absolute Gasteiger partial charge is 0.264 e. The fraction of sp³-hybridized carbons (Fsp3) is 0.321. The molecule has 6 nitrogen and oxygen atoms in total. The van der Waals surface area contributed by atoms with Crippen LogP contribution in [0.2, 0.25) is 5.02 Å². The first-order valence-electron chi connectivity index (χ1n) is 11.8. The van der Waals surface area contributed by atoms with Crippen molar-refractivity contribution in [3.63, 3.8) is 0 Å². The summed E-state index contributed by atoms with van der Waals surface area (Å²) in [4.78, 5) is 13.5.